The van der Waals surface area contributed by atoms with Crippen molar-refractivity contribution >= 4 is 27.8 Å². The zero-order valence-corrected chi connectivity index (χ0v) is 14.5. The zero-order valence-electron chi connectivity index (χ0n) is 14.5. The lowest BCUT2D eigenvalue weighted by molar-refractivity contribution is -0.137. The van der Waals surface area contributed by atoms with Gasteiger partial charge in [-0.3, -0.25) is 4.79 Å². The molecule has 2 heterocycles. The second-order valence-corrected chi connectivity index (χ2v) is 6.19. The Labute approximate surface area is 156 Å². The molecule has 0 aliphatic rings. The number of amides is 1. The van der Waals surface area contributed by atoms with Crippen LogP contribution in [0.2, 0.25) is 0 Å². The van der Waals surface area contributed by atoms with Crippen LogP contribution < -0.4 is 5.32 Å². The van der Waals surface area contributed by atoms with Gasteiger partial charge in [-0.25, -0.2) is 4.98 Å². The number of hydrogen-bond acceptors (Lipinski definition) is 2. The number of halogens is 4. The molecule has 0 bridgehead atoms. The maximum Gasteiger partial charge on any atom is 0.416 e. The Morgan fingerprint density at radius 2 is 1.68 bits per heavy atom. The average molecular weight is 387 g/mol. The summed E-state index contributed by atoms with van der Waals surface area (Å²) in [7, 11) is 1.50. The number of pyridine rings is 1. The summed E-state index contributed by atoms with van der Waals surface area (Å²) in [5, 5.41) is 3.04. The molecule has 0 atom stereocenters. The Morgan fingerprint density at radius 1 is 1.00 bits per heavy atom. The van der Waals surface area contributed by atoms with Crippen LogP contribution in [0.3, 0.4) is 0 Å². The summed E-state index contributed by atoms with van der Waals surface area (Å²) >= 11 is 0. The summed E-state index contributed by atoms with van der Waals surface area (Å²) in [4.78, 5) is 15.9. The highest BCUT2D eigenvalue weighted by atomic mass is 19.4. The third-order valence-electron chi connectivity index (χ3n) is 4.52. The van der Waals surface area contributed by atoms with Crippen molar-refractivity contribution in [3.8, 4) is 5.69 Å². The lowest BCUT2D eigenvalue weighted by atomic mass is 10.1. The molecule has 0 unspecified atom stereocenters. The van der Waals surface area contributed by atoms with E-state index in [2.05, 4.69) is 10.3 Å². The van der Waals surface area contributed by atoms with Gasteiger partial charge < -0.3 is 9.88 Å². The third-order valence-corrected chi connectivity index (χ3v) is 4.52. The van der Waals surface area contributed by atoms with Crippen molar-refractivity contribution in [2.24, 2.45) is 0 Å². The first-order valence-corrected chi connectivity index (χ1v) is 8.30. The van der Waals surface area contributed by atoms with Crippen molar-refractivity contribution < 1.29 is 22.4 Å². The topological polar surface area (TPSA) is 46.9 Å². The van der Waals surface area contributed by atoms with Crippen LogP contribution in [0, 0.1) is 5.95 Å². The molecule has 142 valence electrons. The standard InChI is InChI=1S/C20H13F4N3O/c1-25-19(28)11-2-7-15-14(10-11)18-16(8-9-17(21)26-18)27(15)13-5-3-12(4-6-13)20(22,23)24/h2-10H,1H3,(H,25,28). The van der Waals surface area contributed by atoms with E-state index in [0.29, 0.717) is 33.2 Å². The van der Waals surface area contributed by atoms with E-state index in [1.807, 2.05) is 0 Å². The summed E-state index contributed by atoms with van der Waals surface area (Å²) in [5.41, 5.74) is 1.51. The number of nitrogens with one attached hydrogen (secondary N) is 1. The van der Waals surface area contributed by atoms with E-state index in [0.717, 1.165) is 12.1 Å². The molecule has 28 heavy (non-hydrogen) atoms. The zero-order chi connectivity index (χ0) is 20.1. The highest BCUT2D eigenvalue weighted by Gasteiger charge is 2.30. The predicted molar refractivity (Wildman–Crippen MR) is 96.9 cm³/mol. The minimum atomic E-state index is -4.44. The number of carbonyl (C=O) groups excluding carboxylic acids is 1. The fraction of sp³-hybridized carbons (Fsp3) is 0.100. The van der Waals surface area contributed by atoms with Gasteiger partial charge in [0, 0.05) is 23.7 Å². The molecule has 1 amide bonds. The van der Waals surface area contributed by atoms with Crippen LogP contribution in [-0.4, -0.2) is 22.5 Å². The fourth-order valence-electron chi connectivity index (χ4n) is 3.22. The molecule has 4 rings (SSSR count). The van der Waals surface area contributed by atoms with E-state index < -0.39 is 17.7 Å². The smallest absolute Gasteiger partial charge is 0.355 e. The van der Waals surface area contributed by atoms with Crippen molar-refractivity contribution in [1.29, 1.82) is 0 Å². The van der Waals surface area contributed by atoms with Crippen LogP contribution in [0.25, 0.3) is 27.6 Å². The molecule has 0 spiro atoms. The van der Waals surface area contributed by atoms with Crippen LogP contribution >= 0.6 is 0 Å². The maximum absolute atomic E-state index is 13.8. The van der Waals surface area contributed by atoms with Gasteiger partial charge in [0.15, 0.2) is 0 Å². The van der Waals surface area contributed by atoms with Gasteiger partial charge in [-0.2, -0.15) is 17.6 Å². The highest BCUT2D eigenvalue weighted by molar-refractivity contribution is 6.09. The Morgan fingerprint density at radius 3 is 2.32 bits per heavy atom. The van der Waals surface area contributed by atoms with Crippen molar-refractivity contribution in [2.45, 2.75) is 6.18 Å². The molecule has 0 saturated carbocycles. The second kappa shape index (κ2) is 6.33. The van der Waals surface area contributed by atoms with Gasteiger partial charge in [0.2, 0.25) is 5.95 Å². The van der Waals surface area contributed by atoms with Gasteiger partial charge in [-0.15, -0.1) is 0 Å². The summed E-state index contributed by atoms with van der Waals surface area (Å²) in [6, 6.07) is 12.2. The Bertz CT molecular complexity index is 1210. The molecule has 8 heteroatoms. The van der Waals surface area contributed by atoms with E-state index in [1.165, 1.54) is 31.3 Å². The highest BCUT2D eigenvalue weighted by Crippen LogP contribution is 2.34. The van der Waals surface area contributed by atoms with Crippen molar-refractivity contribution in [1.82, 2.24) is 14.9 Å². The minimum Gasteiger partial charge on any atom is -0.355 e. The number of benzene rings is 2. The lowest BCUT2D eigenvalue weighted by Gasteiger charge is -2.10. The summed E-state index contributed by atoms with van der Waals surface area (Å²) in [6.07, 6.45) is -4.44. The first-order valence-electron chi connectivity index (χ1n) is 8.30. The normalized spacial score (nSPS) is 11.9. The third kappa shape index (κ3) is 2.87. The molecular formula is C20H13F4N3O. The lowest BCUT2D eigenvalue weighted by Crippen LogP contribution is -2.17. The molecule has 2 aromatic carbocycles. The van der Waals surface area contributed by atoms with Gasteiger partial charge in [0.25, 0.3) is 5.91 Å². The molecule has 4 aromatic rings. The second-order valence-electron chi connectivity index (χ2n) is 6.19. The maximum atomic E-state index is 13.8. The summed E-state index contributed by atoms with van der Waals surface area (Å²) in [6.45, 7) is 0. The van der Waals surface area contributed by atoms with Crippen molar-refractivity contribution in [2.75, 3.05) is 7.05 Å². The van der Waals surface area contributed by atoms with Gasteiger partial charge in [0.1, 0.15) is 0 Å². The van der Waals surface area contributed by atoms with Gasteiger partial charge >= 0.3 is 6.18 Å². The first kappa shape index (κ1) is 18.0. The fourth-order valence-corrected chi connectivity index (χ4v) is 3.22. The predicted octanol–water partition coefficient (Wildman–Crippen LogP) is 4.70. The molecule has 0 radical (unpaired) electrons. The number of hydrogen-bond donors (Lipinski definition) is 1. The molecule has 0 aliphatic heterocycles. The van der Waals surface area contributed by atoms with E-state index in [9.17, 15) is 22.4 Å². The van der Waals surface area contributed by atoms with Gasteiger partial charge in [0.05, 0.1) is 22.1 Å². The molecule has 2 aromatic heterocycles. The molecular weight excluding hydrogens is 374 g/mol. The largest absolute Gasteiger partial charge is 0.416 e. The van der Waals surface area contributed by atoms with E-state index in [4.69, 9.17) is 0 Å². The van der Waals surface area contributed by atoms with Crippen LogP contribution in [-0.2, 0) is 6.18 Å². The SMILES string of the molecule is CNC(=O)c1ccc2c(c1)c1nc(F)ccc1n2-c1ccc(C(F)(F)F)cc1. The average Bonchev–Trinajstić information content (AvgIpc) is 2.99. The number of alkyl halides is 3. The van der Waals surface area contributed by atoms with Crippen LogP contribution in [0.5, 0.6) is 0 Å². The number of nitrogens with zero attached hydrogens (tertiary/aromatic N) is 2. The van der Waals surface area contributed by atoms with Crippen LogP contribution in [0.15, 0.2) is 54.6 Å². The molecule has 1 N–H and O–H groups in total. The van der Waals surface area contributed by atoms with Crippen molar-refractivity contribution in [3.05, 3.63) is 71.7 Å². The van der Waals surface area contributed by atoms with Gasteiger partial charge in [-0.1, -0.05) is 0 Å². The van der Waals surface area contributed by atoms with E-state index in [-0.39, 0.29) is 5.91 Å². The van der Waals surface area contributed by atoms with Crippen LogP contribution in [0.4, 0.5) is 17.6 Å². The quantitative estimate of drug-likeness (QED) is 0.401. The number of aromatic nitrogens is 2. The van der Waals surface area contributed by atoms with Crippen LogP contribution in [0.1, 0.15) is 15.9 Å². The number of carbonyl (C=O) groups is 1. The van der Waals surface area contributed by atoms with Crippen molar-refractivity contribution in [3.63, 3.8) is 0 Å². The van der Waals surface area contributed by atoms with E-state index >= 15 is 0 Å². The molecule has 0 aliphatic carbocycles. The molecule has 0 fully saturated rings. The first-order chi connectivity index (χ1) is 13.3. The van der Waals surface area contributed by atoms with E-state index in [1.54, 1.807) is 22.8 Å². The Balaban J connectivity index is 2.00. The minimum absolute atomic E-state index is 0.311. The van der Waals surface area contributed by atoms with Gasteiger partial charge in [-0.05, 0) is 54.6 Å². The number of fused-ring (bicyclic) bond motifs is 3. The Hall–Kier alpha value is -3.42. The Kier molecular flexibility index (Phi) is 4.06. The molecule has 0 saturated heterocycles. The molecule has 4 nitrogen and oxygen atoms in total. The number of rotatable bonds is 2. The summed E-state index contributed by atoms with van der Waals surface area (Å²) < 4.78 is 54.1. The summed E-state index contributed by atoms with van der Waals surface area (Å²) in [5.74, 6) is -1.00. The monoisotopic (exact) mass is 387 g/mol.